The zero-order valence-corrected chi connectivity index (χ0v) is 12.4. The third kappa shape index (κ3) is 3.76. The fourth-order valence-electron chi connectivity index (χ4n) is 2.75. The molecule has 1 fully saturated rings. The van der Waals surface area contributed by atoms with E-state index in [1.165, 1.54) is 36.1 Å². The molecule has 1 aromatic carbocycles. The molecule has 1 atom stereocenters. The molecule has 0 heterocycles. The van der Waals surface area contributed by atoms with E-state index in [0.717, 1.165) is 17.6 Å². The lowest BCUT2D eigenvalue weighted by molar-refractivity contribution is 0.264. The molecule has 0 aliphatic heterocycles. The fourth-order valence-corrected chi connectivity index (χ4v) is 3.87. The molecular formula is C16H25NS. The molecule has 0 radical (unpaired) electrons. The second kappa shape index (κ2) is 6.63. The average Bonchev–Trinajstić information content (AvgIpc) is 2.38. The Hall–Kier alpha value is -0.470. The lowest BCUT2D eigenvalue weighted by atomic mass is 9.80. The monoisotopic (exact) mass is 263 g/mol. The van der Waals surface area contributed by atoms with Gasteiger partial charge in [0.1, 0.15) is 0 Å². The summed E-state index contributed by atoms with van der Waals surface area (Å²) in [7, 11) is 0. The summed E-state index contributed by atoms with van der Waals surface area (Å²) < 4.78 is 0. The highest BCUT2D eigenvalue weighted by molar-refractivity contribution is 7.99. The van der Waals surface area contributed by atoms with Crippen LogP contribution in [-0.2, 0) is 0 Å². The number of rotatable bonds is 4. The molecule has 0 amide bonds. The molecular weight excluding hydrogens is 238 g/mol. The fraction of sp³-hybridized carbons (Fsp3) is 0.625. The van der Waals surface area contributed by atoms with Gasteiger partial charge in [0.2, 0.25) is 0 Å². The van der Waals surface area contributed by atoms with Crippen LogP contribution in [0.3, 0.4) is 0 Å². The van der Waals surface area contributed by atoms with E-state index in [2.05, 4.69) is 38.1 Å². The van der Waals surface area contributed by atoms with E-state index < -0.39 is 0 Å². The predicted octanol–water partition coefficient (Wildman–Crippen LogP) is 4.24. The van der Waals surface area contributed by atoms with Crippen molar-refractivity contribution >= 4 is 11.8 Å². The summed E-state index contributed by atoms with van der Waals surface area (Å²) in [6, 6.07) is 8.96. The zero-order chi connectivity index (χ0) is 13.0. The van der Waals surface area contributed by atoms with Gasteiger partial charge in [0.15, 0.2) is 0 Å². The minimum atomic E-state index is 0.363. The maximum Gasteiger partial charge on any atom is 0.0162 e. The molecule has 1 aliphatic carbocycles. The normalized spacial score (nSPS) is 25.9. The summed E-state index contributed by atoms with van der Waals surface area (Å²) in [6.07, 6.45) is 5.40. The topological polar surface area (TPSA) is 26.0 Å². The van der Waals surface area contributed by atoms with Crippen LogP contribution in [0.15, 0.2) is 29.2 Å². The molecule has 100 valence electrons. The van der Waals surface area contributed by atoms with Crippen molar-refractivity contribution in [2.75, 3.05) is 5.75 Å². The van der Waals surface area contributed by atoms with Gasteiger partial charge in [0.05, 0.1) is 0 Å². The van der Waals surface area contributed by atoms with Crippen molar-refractivity contribution in [3.63, 3.8) is 0 Å². The van der Waals surface area contributed by atoms with Crippen LogP contribution in [0, 0.1) is 18.8 Å². The van der Waals surface area contributed by atoms with Gasteiger partial charge in [-0.15, -0.1) is 11.8 Å². The lowest BCUT2D eigenvalue weighted by Gasteiger charge is -2.30. The van der Waals surface area contributed by atoms with Crippen LogP contribution < -0.4 is 5.73 Å². The summed E-state index contributed by atoms with van der Waals surface area (Å²) in [5, 5.41) is 0. The van der Waals surface area contributed by atoms with E-state index >= 15 is 0 Å². The molecule has 0 spiro atoms. The molecule has 0 saturated heterocycles. The van der Waals surface area contributed by atoms with E-state index in [1.54, 1.807) is 0 Å². The van der Waals surface area contributed by atoms with Crippen LogP contribution in [0.4, 0.5) is 0 Å². The smallest absolute Gasteiger partial charge is 0.0162 e. The van der Waals surface area contributed by atoms with Crippen molar-refractivity contribution in [2.24, 2.45) is 17.6 Å². The summed E-state index contributed by atoms with van der Waals surface area (Å²) in [6.45, 7) is 4.54. The summed E-state index contributed by atoms with van der Waals surface area (Å²) in [4.78, 5) is 1.39. The molecule has 2 rings (SSSR count). The van der Waals surface area contributed by atoms with E-state index in [0.29, 0.717) is 6.04 Å². The predicted molar refractivity (Wildman–Crippen MR) is 81.0 cm³/mol. The standard InChI is InChI=1S/C16H25NS/c1-12-7-9-14(10-8-12)15(17)11-18-16-6-4-3-5-13(16)2/h3-6,12,14-15H,7-11,17H2,1-2H3. The van der Waals surface area contributed by atoms with Crippen LogP contribution in [0.5, 0.6) is 0 Å². The molecule has 1 unspecified atom stereocenters. The number of hydrogen-bond acceptors (Lipinski definition) is 2. The Morgan fingerprint density at radius 2 is 1.89 bits per heavy atom. The van der Waals surface area contributed by atoms with Gasteiger partial charge < -0.3 is 5.73 Å². The van der Waals surface area contributed by atoms with Gasteiger partial charge in [-0.25, -0.2) is 0 Å². The second-order valence-electron chi connectivity index (χ2n) is 5.76. The molecule has 2 N–H and O–H groups in total. The van der Waals surface area contributed by atoms with Crippen LogP contribution in [0.2, 0.25) is 0 Å². The molecule has 1 aliphatic rings. The van der Waals surface area contributed by atoms with Gasteiger partial charge in [-0.3, -0.25) is 0 Å². The number of benzene rings is 1. The Morgan fingerprint density at radius 1 is 1.22 bits per heavy atom. The first kappa shape index (κ1) is 14.0. The van der Waals surface area contributed by atoms with Crippen molar-refractivity contribution in [3.05, 3.63) is 29.8 Å². The van der Waals surface area contributed by atoms with Crippen molar-refractivity contribution in [3.8, 4) is 0 Å². The van der Waals surface area contributed by atoms with Gasteiger partial charge in [-0.1, -0.05) is 38.0 Å². The minimum Gasteiger partial charge on any atom is -0.327 e. The molecule has 1 saturated carbocycles. The summed E-state index contributed by atoms with van der Waals surface area (Å²) in [5.74, 6) is 2.72. The van der Waals surface area contributed by atoms with Gasteiger partial charge >= 0.3 is 0 Å². The van der Waals surface area contributed by atoms with E-state index in [9.17, 15) is 0 Å². The number of thioether (sulfide) groups is 1. The maximum atomic E-state index is 6.37. The number of hydrogen-bond donors (Lipinski definition) is 1. The maximum absolute atomic E-state index is 6.37. The summed E-state index contributed by atoms with van der Waals surface area (Å²) in [5.41, 5.74) is 7.74. The highest BCUT2D eigenvalue weighted by atomic mass is 32.2. The van der Waals surface area contributed by atoms with Crippen LogP contribution in [-0.4, -0.2) is 11.8 Å². The largest absolute Gasteiger partial charge is 0.327 e. The highest BCUT2D eigenvalue weighted by Gasteiger charge is 2.23. The van der Waals surface area contributed by atoms with Crippen LogP contribution >= 0.6 is 11.8 Å². The Morgan fingerprint density at radius 3 is 2.56 bits per heavy atom. The first-order valence-electron chi connectivity index (χ1n) is 7.11. The van der Waals surface area contributed by atoms with E-state index in [1.807, 2.05) is 11.8 Å². The minimum absolute atomic E-state index is 0.363. The van der Waals surface area contributed by atoms with E-state index in [-0.39, 0.29) is 0 Å². The molecule has 2 heteroatoms. The molecule has 18 heavy (non-hydrogen) atoms. The van der Waals surface area contributed by atoms with Gasteiger partial charge in [-0.05, 0) is 43.2 Å². The Labute approximate surface area is 116 Å². The lowest BCUT2D eigenvalue weighted by Crippen LogP contribution is -2.34. The van der Waals surface area contributed by atoms with Gasteiger partial charge in [0.25, 0.3) is 0 Å². The third-order valence-corrected chi connectivity index (χ3v) is 5.51. The average molecular weight is 263 g/mol. The van der Waals surface area contributed by atoms with Crippen molar-refractivity contribution in [2.45, 2.75) is 50.5 Å². The Bertz CT molecular complexity index is 369. The molecule has 1 nitrogen and oxygen atoms in total. The molecule has 0 bridgehead atoms. The van der Waals surface area contributed by atoms with Crippen LogP contribution in [0.1, 0.15) is 38.2 Å². The first-order valence-corrected chi connectivity index (χ1v) is 8.09. The zero-order valence-electron chi connectivity index (χ0n) is 11.6. The number of nitrogens with two attached hydrogens (primary N) is 1. The quantitative estimate of drug-likeness (QED) is 0.822. The highest BCUT2D eigenvalue weighted by Crippen LogP contribution is 2.32. The third-order valence-electron chi connectivity index (χ3n) is 4.19. The molecule has 1 aromatic rings. The Balaban J connectivity index is 1.81. The number of aryl methyl sites for hydroxylation is 1. The van der Waals surface area contributed by atoms with Crippen molar-refractivity contribution < 1.29 is 0 Å². The van der Waals surface area contributed by atoms with E-state index in [4.69, 9.17) is 5.73 Å². The SMILES string of the molecule is Cc1ccccc1SCC(N)C1CCC(C)CC1. The van der Waals surface area contributed by atoms with Crippen molar-refractivity contribution in [1.82, 2.24) is 0 Å². The molecule has 0 aromatic heterocycles. The first-order chi connectivity index (χ1) is 8.66. The van der Waals surface area contributed by atoms with Crippen molar-refractivity contribution in [1.29, 1.82) is 0 Å². The summed E-state index contributed by atoms with van der Waals surface area (Å²) >= 11 is 1.92. The van der Waals surface area contributed by atoms with Gasteiger partial charge in [-0.2, -0.15) is 0 Å². The Kier molecular flexibility index (Phi) is 5.13. The second-order valence-corrected chi connectivity index (χ2v) is 6.82. The van der Waals surface area contributed by atoms with Gasteiger partial charge in [0, 0.05) is 16.7 Å². The van der Waals surface area contributed by atoms with Crippen LogP contribution in [0.25, 0.3) is 0 Å².